The largest absolute Gasteiger partial charge is 0.350 e. The van der Waals surface area contributed by atoms with E-state index in [2.05, 4.69) is 17.3 Å². The zero-order valence-electron chi connectivity index (χ0n) is 12.3. The summed E-state index contributed by atoms with van der Waals surface area (Å²) in [5, 5.41) is 7.08. The number of nitrogens with zero attached hydrogens (tertiary/aromatic N) is 2. The molecule has 1 unspecified atom stereocenters. The molecule has 1 aromatic heterocycles. The van der Waals surface area contributed by atoms with Crippen molar-refractivity contribution in [2.24, 2.45) is 0 Å². The fourth-order valence-corrected chi connectivity index (χ4v) is 2.08. The predicted molar refractivity (Wildman–Crippen MR) is 79.7 cm³/mol. The molecule has 0 aliphatic carbocycles. The van der Waals surface area contributed by atoms with Gasteiger partial charge in [0.05, 0.1) is 0 Å². The van der Waals surface area contributed by atoms with Gasteiger partial charge in [-0.25, -0.2) is 4.39 Å². The van der Waals surface area contributed by atoms with Crippen LogP contribution >= 0.6 is 0 Å². The lowest BCUT2D eigenvalue weighted by Gasteiger charge is -2.12. The van der Waals surface area contributed by atoms with Gasteiger partial charge in [-0.05, 0) is 36.1 Å². The van der Waals surface area contributed by atoms with Crippen molar-refractivity contribution in [2.45, 2.75) is 32.7 Å². The molecule has 0 bridgehead atoms. The summed E-state index contributed by atoms with van der Waals surface area (Å²) in [7, 11) is 0. The van der Waals surface area contributed by atoms with Gasteiger partial charge in [-0.3, -0.25) is 9.48 Å². The lowest BCUT2D eigenvalue weighted by molar-refractivity contribution is 0.0945. The zero-order valence-corrected chi connectivity index (χ0v) is 12.3. The number of aromatic nitrogens is 2. The molecule has 1 heterocycles. The standard InChI is InChI=1S/C16H20FN3O/c1-3-9-20-10-8-15(19-20)16(21)18-11-12(2)13-4-6-14(17)7-5-13/h4-8,10,12H,3,9,11H2,1-2H3,(H,18,21). The molecule has 4 nitrogen and oxygen atoms in total. The number of rotatable bonds is 6. The van der Waals surface area contributed by atoms with E-state index in [1.807, 2.05) is 13.1 Å². The topological polar surface area (TPSA) is 46.9 Å². The van der Waals surface area contributed by atoms with E-state index in [9.17, 15) is 9.18 Å². The van der Waals surface area contributed by atoms with Crippen LogP contribution in [0, 0.1) is 5.82 Å². The van der Waals surface area contributed by atoms with Crippen molar-refractivity contribution in [3.05, 3.63) is 53.6 Å². The number of hydrogen-bond donors (Lipinski definition) is 1. The van der Waals surface area contributed by atoms with Gasteiger partial charge >= 0.3 is 0 Å². The normalized spacial score (nSPS) is 12.1. The first-order valence-electron chi connectivity index (χ1n) is 7.17. The van der Waals surface area contributed by atoms with Crippen molar-refractivity contribution in [3.63, 3.8) is 0 Å². The number of aryl methyl sites for hydroxylation is 1. The maximum Gasteiger partial charge on any atom is 0.271 e. The Morgan fingerprint density at radius 1 is 1.33 bits per heavy atom. The monoisotopic (exact) mass is 289 g/mol. The first-order valence-corrected chi connectivity index (χ1v) is 7.17. The first-order chi connectivity index (χ1) is 10.1. The minimum atomic E-state index is -0.253. The molecule has 21 heavy (non-hydrogen) atoms. The van der Waals surface area contributed by atoms with Crippen LogP contribution in [0.3, 0.4) is 0 Å². The average molecular weight is 289 g/mol. The molecule has 0 saturated carbocycles. The van der Waals surface area contributed by atoms with Crippen LogP contribution in [0.4, 0.5) is 4.39 Å². The van der Waals surface area contributed by atoms with Gasteiger partial charge in [0, 0.05) is 19.3 Å². The number of carbonyl (C=O) groups is 1. The van der Waals surface area contributed by atoms with Crippen molar-refractivity contribution >= 4 is 5.91 Å². The van der Waals surface area contributed by atoms with E-state index in [1.165, 1.54) is 12.1 Å². The van der Waals surface area contributed by atoms with Gasteiger partial charge in [0.2, 0.25) is 0 Å². The van der Waals surface area contributed by atoms with Crippen LogP contribution in [0.5, 0.6) is 0 Å². The van der Waals surface area contributed by atoms with Crippen molar-refractivity contribution in [1.82, 2.24) is 15.1 Å². The second-order valence-corrected chi connectivity index (χ2v) is 5.13. The molecular formula is C16H20FN3O. The van der Waals surface area contributed by atoms with Crippen molar-refractivity contribution in [3.8, 4) is 0 Å². The zero-order chi connectivity index (χ0) is 15.2. The van der Waals surface area contributed by atoms with E-state index in [0.29, 0.717) is 12.2 Å². The number of carbonyl (C=O) groups excluding carboxylic acids is 1. The van der Waals surface area contributed by atoms with Crippen LogP contribution in [-0.2, 0) is 6.54 Å². The Kier molecular flexibility index (Phi) is 5.09. The highest BCUT2D eigenvalue weighted by Crippen LogP contribution is 2.14. The van der Waals surface area contributed by atoms with Crippen molar-refractivity contribution < 1.29 is 9.18 Å². The molecule has 2 aromatic rings. The minimum Gasteiger partial charge on any atom is -0.350 e. The summed E-state index contributed by atoms with van der Waals surface area (Å²) in [6.07, 6.45) is 2.78. The summed E-state index contributed by atoms with van der Waals surface area (Å²) in [4.78, 5) is 12.0. The molecule has 112 valence electrons. The Morgan fingerprint density at radius 2 is 2.05 bits per heavy atom. The van der Waals surface area contributed by atoms with Gasteiger partial charge in [-0.1, -0.05) is 26.0 Å². The molecular weight excluding hydrogens is 269 g/mol. The van der Waals surface area contributed by atoms with Crippen LogP contribution < -0.4 is 5.32 Å². The minimum absolute atomic E-state index is 0.118. The molecule has 2 rings (SSSR count). The lowest BCUT2D eigenvalue weighted by Crippen LogP contribution is -2.28. The lowest BCUT2D eigenvalue weighted by atomic mass is 10.0. The second-order valence-electron chi connectivity index (χ2n) is 5.13. The Balaban J connectivity index is 1.89. The van der Waals surface area contributed by atoms with E-state index >= 15 is 0 Å². The van der Waals surface area contributed by atoms with Crippen LogP contribution in [0.1, 0.15) is 42.2 Å². The summed E-state index contributed by atoms with van der Waals surface area (Å²) < 4.78 is 14.6. The highest BCUT2D eigenvalue weighted by molar-refractivity contribution is 5.92. The first kappa shape index (κ1) is 15.2. The third kappa shape index (κ3) is 4.15. The molecule has 1 aromatic carbocycles. The van der Waals surface area contributed by atoms with Crippen LogP contribution in [0.2, 0.25) is 0 Å². The van der Waals surface area contributed by atoms with E-state index in [0.717, 1.165) is 18.5 Å². The van der Waals surface area contributed by atoms with Gasteiger partial charge in [0.25, 0.3) is 5.91 Å². The average Bonchev–Trinajstić information content (AvgIpc) is 2.94. The summed E-state index contributed by atoms with van der Waals surface area (Å²) in [5.74, 6) is -0.317. The Hall–Kier alpha value is -2.17. The smallest absolute Gasteiger partial charge is 0.271 e. The molecule has 0 spiro atoms. The third-order valence-corrected chi connectivity index (χ3v) is 3.33. The maximum atomic E-state index is 12.9. The Morgan fingerprint density at radius 3 is 2.71 bits per heavy atom. The highest BCUT2D eigenvalue weighted by Gasteiger charge is 2.12. The number of hydrogen-bond acceptors (Lipinski definition) is 2. The molecule has 0 aliphatic rings. The molecule has 1 amide bonds. The highest BCUT2D eigenvalue weighted by atomic mass is 19.1. The summed E-state index contributed by atoms with van der Waals surface area (Å²) in [5.41, 5.74) is 1.42. The molecule has 0 radical (unpaired) electrons. The quantitative estimate of drug-likeness (QED) is 0.888. The van der Waals surface area contributed by atoms with E-state index < -0.39 is 0 Å². The number of nitrogens with one attached hydrogen (secondary N) is 1. The number of benzene rings is 1. The second kappa shape index (κ2) is 7.02. The Labute approximate surface area is 124 Å². The van der Waals surface area contributed by atoms with E-state index in [1.54, 1.807) is 22.9 Å². The van der Waals surface area contributed by atoms with Gasteiger partial charge in [0.1, 0.15) is 11.5 Å². The van der Waals surface area contributed by atoms with Crippen LogP contribution in [0.15, 0.2) is 36.5 Å². The van der Waals surface area contributed by atoms with Gasteiger partial charge in [-0.2, -0.15) is 5.10 Å². The van der Waals surface area contributed by atoms with E-state index in [4.69, 9.17) is 0 Å². The summed E-state index contributed by atoms with van der Waals surface area (Å²) in [6, 6.07) is 8.05. The molecule has 0 aliphatic heterocycles. The van der Waals surface area contributed by atoms with Crippen molar-refractivity contribution in [1.29, 1.82) is 0 Å². The molecule has 5 heteroatoms. The molecule has 0 fully saturated rings. The van der Waals surface area contributed by atoms with Crippen LogP contribution in [-0.4, -0.2) is 22.2 Å². The maximum absolute atomic E-state index is 12.9. The number of amides is 1. The third-order valence-electron chi connectivity index (χ3n) is 3.33. The summed E-state index contributed by atoms with van der Waals surface area (Å²) >= 11 is 0. The van der Waals surface area contributed by atoms with Gasteiger partial charge in [-0.15, -0.1) is 0 Å². The van der Waals surface area contributed by atoms with E-state index in [-0.39, 0.29) is 17.6 Å². The fraction of sp³-hybridized carbons (Fsp3) is 0.375. The SMILES string of the molecule is CCCn1ccc(C(=O)NCC(C)c2ccc(F)cc2)n1. The Bertz CT molecular complexity index is 592. The number of halogens is 1. The van der Waals surface area contributed by atoms with Crippen LogP contribution in [0.25, 0.3) is 0 Å². The molecule has 0 saturated heterocycles. The summed E-state index contributed by atoms with van der Waals surface area (Å²) in [6.45, 7) is 5.35. The van der Waals surface area contributed by atoms with Gasteiger partial charge in [0.15, 0.2) is 0 Å². The fourth-order valence-electron chi connectivity index (χ4n) is 2.08. The molecule has 1 N–H and O–H groups in total. The van der Waals surface area contributed by atoms with Gasteiger partial charge < -0.3 is 5.32 Å². The molecule has 1 atom stereocenters. The predicted octanol–water partition coefficient (Wildman–Crippen LogP) is 2.97. The van der Waals surface area contributed by atoms with Crippen molar-refractivity contribution in [2.75, 3.05) is 6.54 Å².